The first-order valence-corrected chi connectivity index (χ1v) is 10.7. The van der Waals surface area contributed by atoms with Crippen molar-refractivity contribution < 1.29 is 28.9 Å². The van der Waals surface area contributed by atoms with Gasteiger partial charge in [0.2, 0.25) is 0 Å². The summed E-state index contributed by atoms with van der Waals surface area (Å²) in [6.07, 6.45) is 0.779. The fourth-order valence-electron chi connectivity index (χ4n) is 4.31. The Bertz CT molecular complexity index is 1080. The van der Waals surface area contributed by atoms with Crippen molar-refractivity contribution in [3.8, 4) is 11.5 Å². The van der Waals surface area contributed by atoms with E-state index in [0.29, 0.717) is 23.5 Å². The Morgan fingerprint density at radius 3 is 2.78 bits per heavy atom. The molecule has 2 heterocycles. The van der Waals surface area contributed by atoms with Crippen LogP contribution in [0.2, 0.25) is 0 Å². The molecule has 1 saturated heterocycles. The minimum atomic E-state index is -0.742. The van der Waals surface area contributed by atoms with Crippen LogP contribution in [-0.4, -0.2) is 54.7 Å². The lowest BCUT2D eigenvalue weighted by Gasteiger charge is -2.25. The molecule has 0 saturated carbocycles. The average Bonchev–Trinajstić information content (AvgIpc) is 3.28. The second kappa shape index (κ2) is 9.04. The van der Waals surface area contributed by atoms with Gasteiger partial charge in [-0.1, -0.05) is 12.1 Å². The SMILES string of the molecule is CCOc1cccc([C@H]2/C(=C(\O)c3ccc4c(c3)C[C@H](C)O4)C(=O)C(=O)N2CCOC)c1. The van der Waals surface area contributed by atoms with E-state index in [0.717, 1.165) is 17.7 Å². The van der Waals surface area contributed by atoms with Crippen LogP contribution >= 0.6 is 0 Å². The molecule has 2 aromatic rings. The lowest BCUT2D eigenvalue weighted by Crippen LogP contribution is -2.32. The number of hydrogen-bond donors (Lipinski definition) is 1. The molecule has 168 valence electrons. The van der Waals surface area contributed by atoms with Crippen molar-refractivity contribution in [2.75, 3.05) is 26.9 Å². The van der Waals surface area contributed by atoms with Gasteiger partial charge in [0.15, 0.2) is 0 Å². The molecule has 0 aliphatic carbocycles. The van der Waals surface area contributed by atoms with E-state index in [-0.39, 0.29) is 30.6 Å². The Hall–Kier alpha value is -3.32. The summed E-state index contributed by atoms with van der Waals surface area (Å²) in [5.41, 5.74) is 2.19. The summed E-state index contributed by atoms with van der Waals surface area (Å²) < 4.78 is 16.5. The highest BCUT2D eigenvalue weighted by atomic mass is 16.5. The fourth-order valence-corrected chi connectivity index (χ4v) is 4.31. The molecule has 2 aliphatic heterocycles. The lowest BCUT2D eigenvalue weighted by molar-refractivity contribution is -0.140. The third-order valence-corrected chi connectivity index (χ3v) is 5.73. The van der Waals surface area contributed by atoms with Crippen molar-refractivity contribution in [3.05, 3.63) is 64.7 Å². The van der Waals surface area contributed by atoms with E-state index in [2.05, 4.69) is 0 Å². The van der Waals surface area contributed by atoms with Gasteiger partial charge < -0.3 is 24.2 Å². The third kappa shape index (κ3) is 3.96. The maximum Gasteiger partial charge on any atom is 0.295 e. The van der Waals surface area contributed by atoms with Crippen molar-refractivity contribution in [1.82, 2.24) is 4.90 Å². The minimum absolute atomic E-state index is 0.0586. The predicted octanol–water partition coefficient (Wildman–Crippen LogP) is 3.48. The molecule has 2 aliphatic rings. The van der Waals surface area contributed by atoms with Crippen LogP contribution in [0.4, 0.5) is 0 Å². The van der Waals surface area contributed by atoms with E-state index in [4.69, 9.17) is 14.2 Å². The molecule has 1 fully saturated rings. The van der Waals surface area contributed by atoms with E-state index in [1.807, 2.05) is 38.1 Å². The number of amides is 1. The van der Waals surface area contributed by atoms with Crippen LogP contribution in [0.1, 0.15) is 36.6 Å². The zero-order valence-electron chi connectivity index (χ0n) is 18.5. The number of likely N-dealkylation sites (tertiary alicyclic amines) is 1. The van der Waals surface area contributed by atoms with Crippen LogP contribution in [0.25, 0.3) is 5.76 Å². The van der Waals surface area contributed by atoms with Gasteiger partial charge >= 0.3 is 0 Å². The molecule has 0 radical (unpaired) electrons. The Kier molecular flexibility index (Phi) is 6.19. The van der Waals surface area contributed by atoms with E-state index in [1.165, 1.54) is 12.0 Å². The first kappa shape index (κ1) is 21.9. The summed E-state index contributed by atoms with van der Waals surface area (Å²) >= 11 is 0. The molecule has 0 aromatic heterocycles. The maximum absolute atomic E-state index is 13.1. The van der Waals surface area contributed by atoms with Crippen LogP contribution in [-0.2, 0) is 20.7 Å². The number of ketones is 1. The Morgan fingerprint density at radius 1 is 1.22 bits per heavy atom. The van der Waals surface area contributed by atoms with Crippen LogP contribution < -0.4 is 9.47 Å². The van der Waals surface area contributed by atoms with E-state index >= 15 is 0 Å². The van der Waals surface area contributed by atoms with Gasteiger partial charge in [-0.2, -0.15) is 0 Å². The maximum atomic E-state index is 13.1. The van der Waals surface area contributed by atoms with Gasteiger partial charge in [0.05, 0.1) is 24.8 Å². The first-order valence-electron chi connectivity index (χ1n) is 10.7. The number of Topliss-reactive ketones (excluding diaryl/α,β-unsaturated/α-hetero) is 1. The number of nitrogens with zero attached hydrogens (tertiary/aromatic N) is 1. The largest absolute Gasteiger partial charge is 0.507 e. The van der Waals surface area contributed by atoms with Gasteiger partial charge in [-0.05, 0) is 55.3 Å². The number of methoxy groups -OCH3 is 1. The topological polar surface area (TPSA) is 85.3 Å². The number of ether oxygens (including phenoxy) is 3. The summed E-state index contributed by atoms with van der Waals surface area (Å²) in [4.78, 5) is 27.4. The molecule has 2 atom stereocenters. The monoisotopic (exact) mass is 437 g/mol. The number of carbonyl (C=O) groups excluding carboxylic acids is 2. The molecule has 0 bridgehead atoms. The molecule has 32 heavy (non-hydrogen) atoms. The third-order valence-electron chi connectivity index (χ3n) is 5.73. The van der Waals surface area contributed by atoms with Crippen molar-refractivity contribution in [1.29, 1.82) is 0 Å². The highest BCUT2D eigenvalue weighted by Crippen LogP contribution is 2.41. The molecular formula is C25H27NO6. The summed E-state index contributed by atoms with van der Waals surface area (Å²) in [6.45, 7) is 4.84. The lowest BCUT2D eigenvalue weighted by atomic mass is 9.94. The summed E-state index contributed by atoms with van der Waals surface area (Å²) in [5.74, 6) is -0.164. The zero-order valence-corrected chi connectivity index (χ0v) is 18.5. The number of carbonyl (C=O) groups is 2. The Morgan fingerprint density at radius 2 is 2.03 bits per heavy atom. The first-order chi connectivity index (χ1) is 15.4. The standard InChI is InChI=1S/C25H27NO6/c1-4-31-19-7-5-6-16(14-19)22-21(24(28)25(29)26(22)10-11-30-3)23(27)17-8-9-20-18(13-17)12-15(2)32-20/h5-9,13-15,22,27H,4,10-12H2,1-3H3/b23-21+/t15-,22-/m0/s1. The van der Waals surface area contributed by atoms with E-state index in [9.17, 15) is 14.7 Å². The molecule has 1 amide bonds. The van der Waals surface area contributed by atoms with Gasteiger partial charge in [0.1, 0.15) is 23.4 Å². The van der Waals surface area contributed by atoms with Crippen molar-refractivity contribution >= 4 is 17.4 Å². The molecule has 4 rings (SSSR count). The number of fused-ring (bicyclic) bond motifs is 1. The second-order valence-electron chi connectivity index (χ2n) is 7.95. The van der Waals surface area contributed by atoms with Crippen molar-refractivity contribution in [2.24, 2.45) is 0 Å². The summed E-state index contributed by atoms with van der Waals surface area (Å²) in [7, 11) is 1.54. The van der Waals surface area contributed by atoms with E-state index in [1.54, 1.807) is 18.2 Å². The quantitative estimate of drug-likeness (QED) is 0.406. The van der Waals surface area contributed by atoms with Gasteiger partial charge in [0, 0.05) is 25.6 Å². The van der Waals surface area contributed by atoms with Crippen LogP contribution in [0.3, 0.4) is 0 Å². The number of aliphatic hydroxyl groups excluding tert-OH is 1. The van der Waals surface area contributed by atoms with Gasteiger partial charge in [-0.25, -0.2) is 0 Å². The highest BCUT2D eigenvalue weighted by Gasteiger charge is 2.46. The van der Waals surface area contributed by atoms with Crippen LogP contribution in [0, 0.1) is 0 Å². The smallest absolute Gasteiger partial charge is 0.295 e. The van der Waals surface area contributed by atoms with Gasteiger partial charge in [0.25, 0.3) is 11.7 Å². The van der Waals surface area contributed by atoms with Crippen molar-refractivity contribution in [3.63, 3.8) is 0 Å². The Balaban J connectivity index is 1.82. The highest BCUT2D eigenvalue weighted by molar-refractivity contribution is 6.46. The zero-order chi connectivity index (χ0) is 22.8. The van der Waals surface area contributed by atoms with Gasteiger partial charge in [-0.15, -0.1) is 0 Å². The Labute approximate surface area is 187 Å². The van der Waals surface area contributed by atoms with Crippen LogP contribution in [0.15, 0.2) is 48.0 Å². The average molecular weight is 437 g/mol. The number of hydrogen-bond acceptors (Lipinski definition) is 6. The molecular weight excluding hydrogens is 410 g/mol. The van der Waals surface area contributed by atoms with Gasteiger partial charge in [-0.3, -0.25) is 9.59 Å². The predicted molar refractivity (Wildman–Crippen MR) is 119 cm³/mol. The van der Waals surface area contributed by atoms with E-state index < -0.39 is 17.7 Å². The molecule has 1 N–H and O–H groups in total. The fraction of sp³-hybridized carbons (Fsp3) is 0.360. The molecule has 0 spiro atoms. The molecule has 2 aromatic carbocycles. The minimum Gasteiger partial charge on any atom is -0.507 e. The molecule has 7 heteroatoms. The molecule has 7 nitrogen and oxygen atoms in total. The number of benzene rings is 2. The number of aliphatic hydroxyl groups is 1. The van der Waals surface area contributed by atoms with Crippen LogP contribution in [0.5, 0.6) is 11.5 Å². The summed E-state index contributed by atoms with van der Waals surface area (Å²) in [6, 6.07) is 11.8. The number of rotatable bonds is 7. The summed E-state index contributed by atoms with van der Waals surface area (Å²) in [5, 5.41) is 11.2. The molecule has 0 unspecified atom stereocenters. The van der Waals surface area contributed by atoms with Crippen molar-refractivity contribution in [2.45, 2.75) is 32.4 Å². The second-order valence-corrected chi connectivity index (χ2v) is 7.95. The normalized spacial score (nSPS) is 21.5.